The molecule has 60 valence electrons. The maximum absolute atomic E-state index is 10.2. The van der Waals surface area contributed by atoms with Crippen molar-refractivity contribution in [2.45, 2.75) is 0 Å². The third-order valence-electron chi connectivity index (χ3n) is 1.60. The maximum Gasteiger partial charge on any atom is 0.138 e. The molecule has 1 aromatic heterocycles. The first-order chi connectivity index (χ1) is 5.83. The predicted molar refractivity (Wildman–Crippen MR) is 43.8 cm³/mol. The van der Waals surface area contributed by atoms with E-state index in [0.717, 1.165) is 0 Å². The van der Waals surface area contributed by atoms with Crippen molar-refractivity contribution in [2.24, 2.45) is 5.18 Å². The summed E-state index contributed by atoms with van der Waals surface area (Å²) in [6.07, 6.45) is 0. The highest BCUT2D eigenvalue weighted by Crippen LogP contribution is 2.27. The fourth-order valence-electron chi connectivity index (χ4n) is 1.00. The molecule has 2 aromatic rings. The molecule has 0 aliphatic rings. The Labute approximate surface area is 66.7 Å². The standard InChI is InChI=1S/C6H5N5O/c7-5-3(10-12)1-2-4-6(5)9-11-8-4/h1-2H,7H2,(H,8,9,11). The summed E-state index contributed by atoms with van der Waals surface area (Å²) in [7, 11) is 0. The summed E-state index contributed by atoms with van der Waals surface area (Å²) in [5, 5.41) is 12.7. The molecule has 6 heteroatoms. The molecule has 0 fully saturated rings. The Balaban J connectivity index is 2.86. The highest BCUT2D eigenvalue weighted by Gasteiger charge is 2.06. The lowest BCUT2D eigenvalue weighted by atomic mass is 10.2. The number of nitrogen functional groups attached to an aromatic ring is 1. The Morgan fingerprint density at radius 1 is 1.42 bits per heavy atom. The number of H-pyrrole nitrogens is 1. The zero-order valence-electron chi connectivity index (χ0n) is 5.98. The molecule has 0 amide bonds. The summed E-state index contributed by atoms with van der Waals surface area (Å²) in [6.45, 7) is 0. The number of nitrogens with zero attached hydrogens (tertiary/aromatic N) is 3. The molecule has 1 heterocycles. The van der Waals surface area contributed by atoms with Gasteiger partial charge in [-0.2, -0.15) is 15.4 Å². The van der Waals surface area contributed by atoms with Gasteiger partial charge in [0.25, 0.3) is 0 Å². The van der Waals surface area contributed by atoms with Crippen LogP contribution in [0.25, 0.3) is 11.0 Å². The molecule has 0 radical (unpaired) electrons. The number of aromatic amines is 1. The number of hydrogen-bond donors (Lipinski definition) is 2. The van der Waals surface area contributed by atoms with E-state index in [-0.39, 0.29) is 11.4 Å². The lowest BCUT2D eigenvalue weighted by molar-refractivity contribution is 0.960. The van der Waals surface area contributed by atoms with Crippen molar-refractivity contribution in [2.75, 3.05) is 5.73 Å². The van der Waals surface area contributed by atoms with Crippen LogP contribution in [0.15, 0.2) is 17.3 Å². The molecule has 0 bridgehead atoms. The molecule has 0 unspecified atom stereocenters. The molecule has 12 heavy (non-hydrogen) atoms. The fourth-order valence-corrected chi connectivity index (χ4v) is 1.00. The molecule has 0 saturated carbocycles. The molecule has 2 rings (SSSR count). The second-order valence-corrected chi connectivity index (χ2v) is 2.28. The van der Waals surface area contributed by atoms with Gasteiger partial charge in [-0.25, -0.2) is 0 Å². The van der Waals surface area contributed by atoms with Gasteiger partial charge >= 0.3 is 0 Å². The van der Waals surface area contributed by atoms with Crippen molar-refractivity contribution in [1.29, 1.82) is 0 Å². The van der Waals surface area contributed by atoms with Crippen molar-refractivity contribution in [3.8, 4) is 0 Å². The minimum absolute atomic E-state index is 0.191. The SMILES string of the molecule is Nc1c(N=O)ccc2n[nH]nc12. The summed E-state index contributed by atoms with van der Waals surface area (Å²) in [4.78, 5) is 10.2. The van der Waals surface area contributed by atoms with Gasteiger partial charge in [-0.05, 0) is 17.3 Å². The third-order valence-corrected chi connectivity index (χ3v) is 1.60. The summed E-state index contributed by atoms with van der Waals surface area (Å²) >= 11 is 0. The number of anilines is 1. The van der Waals surface area contributed by atoms with E-state index in [2.05, 4.69) is 20.6 Å². The first-order valence-electron chi connectivity index (χ1n) is 3.25. The van der Waals surface area contributed by atoms with Gasteiger partial charge in [-0.15, -0.1) is 4.91 Å². The van der Waals surface area contributed by atoms with Crippen LogP contribution >= 0.6 is 0 Å². The van der Waals surface area contributed by atoms with Gasteiger partial charge in [-0.1, -0.05) is 0 Å². The van der Waals surface area contributed by atoms with E-state index in [0.29, 0.717) is 11.0 Å². The van der Waals surface area contributed by atoms with Crippen LogP contribution in [0, 0.1) is 4.91 Å². The number of aromatic nitrogens is 3. The van der Waals surface area contributed by atoms with E-state index in [1.54, 1.807) is 6.07 Å². The van der Waals surface area contributed by atoms with E-state index in [9.17, 15) is 4.91 Å². The first kappa shape index (κ1) is 6.71. The van der Waals surface area contributed by atoms with E-state index in [1.807, 2.05) is 0 Å². The van der Waals surface area contributed by atoms with E-state index in [1.165, 1.54) is 6.07 Å². The average molecular weight is 163 g/mol. The third kappa shape index (κ3) is 0.746. The molecule has 0 aliphatic carbocycles. The van der Waals surface area contributed by atoms with Gasteiger partial charge < -0.3 is 5.73 Å². The smallest absolute Gasteiger partial charge is 0.138 e. The number of nitrogens with one attached hydrogen (secondary N) is 1. The van der Waals surface area contributed by atoms with Crippen LogP contribution in [0.5, 0.6) is 0 Å². The second kappa shape index (κ2) is 2.26. The normalized spacial score (nSPS) is 10.3. The topological polar surface area (TPSA) is 97.0 Å². The molecule has 0 aliphatic heterocycles. The van der Waals surface area contributed by atoms with Crippen LogP contribution < -0.4 is 5.73 Å². The van der Waals surface area contributed by atoms with Gasteiger partial charge in [0.05, 0.1) is 5.69 Å². The molecule has 1 aromatic carbocycles. The zero-order valence-corrected chi connectivity index (χ0v) is 5.98. The Morgan fingerprint density at radius 3 is 3.00 bits per heavy atom. The minimum atomic E-state index is 0.191. The summed E-state index contributed by atoms with van der Waals surface area (Å²) in [6, 6.07) is 3.14. The Morgan fingerprint density at radius 2 is 2.25 bits per heavy atom. The van der Waals surface area contributed by atoms with E-state index < -0.39 is 0 Å². The first-order valence-corrected chi connectivity index (χ1v) is 3.25. The van der Waals surface area contributed by atoms with Crippen molar-refractivity contribution in [3.05, 3.63) is 17.0 Å². The predicted octanol–water partition coefficient (Wildman–Crippen LogP) is 0.938. The van der Waals surface area contributed by atoms with Gasteiger partial charge in [-0.3, -0.25) is 0 Å². The van der Waals surface area contributed by atoms with Crippen molar-refractivity contribution < 1.29 is 0 Å². The lowest BCUT2D eigenvalue weighted by Gasteiger charge is -1.94. The fraction of sp³-hybridized carbons (Fsp3) is 0. The molecular formula is C6H5N5O. The van der Waals surface area contributed by atoms with E-state index >= 15 is 0 Å². The number of benzene rings is 1. The summed E-state index contributed by atoms with van der Waals surface area (Å²) < 4.78 is 0. The molecule has 6 nitrogen and oxygen atoms in total. The van der Waals surface area contributed by atoms with Crippen molar-refractivity contribution >= 4 is 22.4 Å². The van der Waals surface area contributed by atoms with Crippen molar-refractivity contribution in [3.63, 3.8) is 0 Å². The molecule has 3 N–H and O–H groups in total. The van der Waals surface area contributed by atoms with Crippen LogP contribution in [0.1, 0.15) is 0 Å². The summed E-state index contributed by atoms with van der Waals surface area (Å²) in [5.41, 5.74) is 7.11. The molecular weight excluding hydrogens is 158 g/mol. The van der Waals surface area contributed by atoms with E-state index in [4.69, 9.17) is 5.73 Å². The Kier molecular flexibility index (Phi) is 1.26. The number of rotatable bonds is 1. The average Bonchev–Trinajstić information content (AvgIpc) is 2.53. The van der Waals surface area contributed by atoms with Crippen LogP contribution in [-0.4, -0.2) is 15.4 Å². The lowest BCUT2D eigenvalue weighted by Crippen LogP contribution is -1.86. The largest absolute Gasteiger partial charge is 0.395 e. The van der Waals surface area contributed by atoms with Crippen LogP contribution in [0.3, 0.4) is 0 Å². The number of fused-ring (bicyclic) bond motifs is 1. The highest BCUT2D eigenvalue weighted by molar-refractivity contribution is 5.92. The monoisotopic (exact) mass is 163 g/mol. The van der Waals surface area contributed by atoms with Crippen LogP contribution in [-0.2, 0) is 0 Å². The van der Waals surface area contributed by atoms with Crippen LogP contribution in [0.2, 0.25) is 0 Å². The number of nitrogens with two attached hydrogens (primary N) is 1. The zero-order chi connectivity index (χ0) is 8.55. The quantitative estimate of drug-likeness (QED) is 0.482. The van der Waals surface area contributed by atoms with Gasteiger partial charge in [0.15, 0.2) is 0 Å². The second-order valence-electron chi connectivity index (χ2n) is 2.28. The molecule has 0 saturated heterocycles. The number of nitroso groups, excluding NO2 is 1. The van der Waals surface area contributed by atoms with Crippen molar-refractivity contribution in [1.82, 2.24) is 15.4 Å². The Hall–Kier alpha value is -1.98. The highest BCUT2D eigenvalue weighted by atomic mass is 16.3. The minimum Gasteiger partial charge on any atom is -0.395 e. The molecule has 0 atom stereocenters. The van der Waals surface area contributed by atoms with Crippen LogP contribution in [0.4, 0.5) is 11.4 Å². The maximum atomic E-state index is 10.2. The summed E-state index contributed by atoms with van der Waals surface area (Å²) in [5.74, 6) is 0. The van der Waals surface area contributed by atoms with Gasteiger partial charge in [0.1, 0.15) is 16.7 Å². The van der Waals surface area contributed by atoms with Gasteiger partial charge in [0.2, 0.25) is 0 Å². The number of hydrogen-bond acceptors (Lipinski definition) is 5. The molecule has 0 spiro atoms. The Bertz CT molecular complexity index is 434. The van der Waals surface area contributed by atoms with Gasteiger partial charge in [0, 0.05) is 0 Å².